The number of carbonyl (C=O) groups excluding carboxylic acids is 1. The molecule has 1 aliphatic rings. The van der Waals surface area contributed by atoms with E-state index in [0.29, 0.717) is 30.9 Å². The predicted octanol–water partition coefficient (Wildman–Crippen LogP) is 4.63. The Balaban J connectivity index is 1.46. The minimum Gasteiger partial charge on any atom is -0.460 e. The number of anilines is 1. The second-order valence-corrected chi connectivity index (χ2v) is 10.7. The molecular weight excluding hydrogens is 499 g/mol. The molecule has 11 heteroatoms. The van der Waals surface area contributed by atoms with Crippen LogP contribution >= 0.6 is 0 Å². The lowest BCUT2D eigenvalue weighted by Gasteiger charge is -2.41. The van der Waals surface area contributed by atoms with Crippen LogP contribution in [-0.4, -0.2) is 44.5 Å². The molecule has 0 atom stereocenters. The van der Waals surface area contributed by atoms with Crippen molar-refractivity contribution in [3.63, 3.8) is 0 Å². The van der Waals surface area contributed by atoms with Crippen molar-refractivity contribution in [1.82, 2.24) is 19.7 Å². The molecule has 38 heavy (non-hydrogen) atoms. The van der Waals surface area contributed by atoms with Gasteiger partial charge in [-0.25, -0.2) is 0 Å². The maximum absolute atomic E-state index is 13.9. The number of aromatic nitrogens is 4. The maximum atomic E-state index is 13.9. The number of benzene rings is 1. The molecule has 0 aliphatic carbocycles. The third-order valence-corrected chi connectivity index (χ3v) is 6.36. The number of ether oxygens (including phenoxy) is 2. The molecular formula is C27H32F3N5O3. The van der Waals surface area contributed by atoms with Crippen LogP contribution in [0.5, 0.6) is 0 Å². The van der Waals surface area contributed by atoms with Gasteiger partial charge >= 0.3 is 12.1 Å². The zero-order valence-electron chi connectivity index (χ0n) is 21.9. The number of hydrogen-bond acceptors (Lipinski definition) is 7. The van der Waals surface area contributed by atoms with Gasteiger partial charge in [-0.3, -0.25) is 9.78 Å². The average Bonchev–Trinajstić information content (AvgIpc) is 3.21. The number of nitrogens with zero attached hydrogens (tertiary/aromatic N) is 4. The van der Waals surface area contributed by atoms with E-state index in [1.807, 2.05) is 35.9 Å². The van der Waals surface area contributed by atoms with Crippen molar-refractivity contribution in [3.8, 4) is 0 Å². The van der Waals surface area contributed by atoms with Crippen LogP contribution in [0.4, 0.5) is 18.9 Å². The van der Waals surface area contributed by atoms with Gasteiger partial charge in [0.2, 0.25) is 0 Å². The quantitative estimate of drug-likeness (QED) is 0.403. The van der Waals surface area contributed by atoms with E-state index in [2.05, 4.69) is 20.5 Å². The summed E-state index contributed by atoms with van der Waals surface area (Å²) >= 11 is 0. The first-order valence-corrected chi connectivity index (χ1v) is 12.4. The summed E-state index contributed by atoms with van der Waals surface area (Å²) in [6.45, 7) is 6.15. The molecule has 0 unspecified atom stereocenters. The van der Waals surface area contributed by atoms with E-state index in [1.54, 1.807) is 27.1 Å². The molecule has 1 aliphatic heterocycles. The molecule has 3 aromatic rings. The Labute approximate surface area is 219 Å². The summed E-state index contributed by atoms with van der Waals surface area (Å²) in [7, 11) is 1.88. The van der Waals surface area contributed by atoms with E-state index < -0.39 is 23.3 Å². The van der Waals surface area contributed by atoms with Crippen LogP contribution in [-0.2, 0) is 52.3 Å². The summed E-state index contributed by atoms with van der Waals surface area (Å²) < 4.78 is 54.3. The van der Waals surface area contributed by atoms with Crippen LogP contribution in [0.25, 0.3) is 0 Å². The number of alkyl halides is 3. The van der Waals surface area contributed by atoms with Gasteiger partial charge in [-0.1, -0.05) is 12.1 Å². The van der Waals surface area contributed by atoms with Gasteiger partial charge in [-0.15, -0.1) is 10.2 Å². The van der Waals surface area contributed by atoms with Gasteiger partial charge in [0.05, 0.1) is 31.0 Å². The SMILES string of the molecule is Cn1cnnc1CC1(c2cccc(NCc3ncc(CCC(=O)OC(C)(C)C)cc3C(F)(F)F)c2)COC1. The fraction of sp³-hybridized carbons (Fsp3) is 0.481. The fourth-order valence-corrected chi connectivity index (χ4v) is 4.33. The van der Waals surface area contributed by atoms with Crippen LogP contribution in [0.1, 0.15) is 55.4 Å². The van der Waals surface area contributed by atoms with Gasteiger partial charge in [-0.05, 0) is 56.5 Å². The van der Waals surface area contributed by atoms with E-state index in [-0.39, 0.29) is 30.5 Å². The van der Waals surface area contributed by atoms with E-state index in [4.69, 9.17) is 9.47 Å². The van der Waals surface area contributed by atoms with E-state index in [9.17, 15) is 18.0 Å². The van der Waals surface area contributed by atoms with Crippen LogP contribution in [0, 0.1) is 0 Å². The number of carbonyl (C=O) groups is 1. The summed E-state index contributed by atoms with van der Waals surface area (Å²) in [5.74, 6) is 0.364. The van der Waals surface area contributed by atoms with Crippen molar-refractivity contribution < 1.29 is 27.4 Å². The van der Waals surface area contributed by atoms with Gasteiger partial charge in [0, 0.05) is 37.2 Å². The molecule has 0 amide bonds. The zero-order chi connectivity index (χ0) is 27.6. The number of aryl methyl sites for hydroxylation is 2. The first-order chi connectivity index (χ1) is 17.8. The molecule has 0 bridgehead atoms. The Bertz CT molecular complexity index is 1280. The highest BCUT2D eigenvalue weighted by atomic mass is 19.4. The van der Waals surface area contributed by atoms with E-state index in [1.165, 1.54) is 6.20 Å². The van der Waals surface area contributed by atoms with E-state index in [0.717, 1.165) is 17.5 Å². The van der Waals surface area contributed by atoms with E-state index >= 15 is 0 Å². The summed E-state index contributed by atoms with van der Waals surface area (Å²) in [5.41, 5.74) is 0.140. The highest BCUT2D eigenvalue weighted by molar-refractivity contribution is 5.70. The van der Waals surface area contributed by atoms with Crippen LogP contribution in [0.15, 0.2) is 42.9 Å². The summed E-state index contributed by atoms with van der Waals surface area (Å²) in [6.07, 6.45) is -0.839. The normalized spacial score (nSPS) is 15.1. The smallest absolute Gasteiger partial charge is 0.418 e. The third-order valence-electron chi connectivity index (χ3n) is 6.36. The largest absolute Gasteiger partial charge is 0.460 e. The first-order valence-electron chi connectivity index (χ1n) is 12.4. The Morgan fingerprint density at radius 2 is 1.97 bits per heavy atom. The summed E-state index contributed by atoms with van der Waals surface area (Å²) in [4.78, 5) is 16.1. The highest BCUT2D eigenvalue weighted by Crippen LogP contribution is 2.37. The standard InChI is InChI=1S/C27H32F3N5O3/c1-25(2,3)38-24(36)9-8-18-10-21(27(28,29)30)22(32-13-18)14-31-20-7-5-6-19(11-20)26(15-37-16-26)12-23-34-33-17-35(23)4/h5-7,10-11,13,17,31H,8-9,12,14-16H2,1-4H3. The van der Waals surface area contributed by atoms with Crippen molar-refractivity contribution in [2.45, 2.75) is 63.8 Å². The van der Waals surface area contributed by atoms with Gasteiger partial charge in [-0.2, -0.15) is 13.2 Å². The summed E-state index contributed by atoms with van der Waals surface area (Å²) in [6, 6.07) is 8.66. The van der Waals surface area contributed by atoms with Crippen molar-refractivity contribution in [1.29, 1.82) is 0 Å². The molecule has 0 radical (unpaired) electrons. The Morgan fingerprint density at radius 3 is 2.58 bits per heavy atom. The molecule has 1 N–H and O–H groups in total. The lowest BCUT2D eigenvalue weighted by atomic mass is 9.75. The van der Waals surface area contributed by atoms with Gasteiger partial charge in [0.25, 0.3) is 0 Å². The fourth-order valence-electron chi connectivity index (χ4n) is 4.33. The van der Waals surface area contributed by atoms with Gasteiger partial charge in [0.1, 0.15) is 17.8 Å². The van der Waals surface area contributed by atoms with Crippen molar-refractivity contribution in [2.75, 3.05) is 18.5 Å². The number of hydrogen-bond donors (Lipinski definition) is 1. The minimum absolute atomic E-state index is 0.0273. The molecule has 4 rings (SSSR count). The molecule has 0 spiro atoms. The Hall–Kier alpha value is -3.47. The number of nitrogens with one attached hydrogen (secondary N) is 1. The summed E-state index contributed by atoms with van der Waals surface area (Å²) in [5, 5.41) is 11.2. The molecule has 1 fully saturated rings. The second-order valence-electron chi connectivity index (χ2n) is 10.7. The second kappa shape index (κ2) is 10.7. The third kappa shape index (κ3) is 6.69. The number of rotatable bonds is 9. The van der Waals surface area contributed by atoms with Crippen LogP contribution < -0.4 is 5.32 Å². The molecule has 204 valence electrons. The molecule has 8 nitrogen and oxygen atoms in total. The molecule has 1 saturated heterocycles. The van der Waals surface area contributed by atoms with Crippen molar-refractivity contribution >= 4 is 11.7 Å². The minimum atomic E-state index is -4.59. The van der Waals surface area contributed by atoms with Crippen molar-refractivity contribution in [2.24, 2.45) is 7.05 Å². The Kier molecular flexibility index (Phi) is 7.78. The number of esters is 1. The molecule has 0 saturated carbocycles. The predicted molar refractivity (Wildman–Crippen MR) is 134 cm³/mol. The number of halogens is 3. The topological polar surface area (TPSA) is 91.2 Å². The lowest BCUT2D eigenvalue weighted by molar-refractivity contribution is -0.154. The average molecular weight is 532 g/mol. The monoisotopic (exact) mass is 531 g/mol. The highest BCUT2D eigenvalue weighted by Gasteiger charge is 2.42. The molecule has 3 heterocycles. The Morgan fingerprint density at radius 1 is 1.21 bits per heavy atom. The lowest BCUT2D eigenvalue weighted by Crippen LogP contribution is -2.49. The van der Waals surface area contributed by atoms with Crippen LogP contribution in [0.3, 0.4) is 0 Å². The zero-order valence-corrected chi connectivity index (χ0v) is 21.9. The van der Waals surface area contributed by atoms with Crippen LogP contribution in [0.2, 0.25) is 0 Å². The number of pyridine rings is 1. The first kappa shape index (κ1) is 27.6. The maximum Gasteiger partial charge on any atom is 0.418 e. The molecule has 2 aromatic heterocycles. The van der Waals surface area contributed by atoms with Gasteiger partial charge in [0.15, 0.2) is 0 Å². The molecule has 1 aromatic carbocycles. The van der Waals surface area contributed by atoms with Gasteiger partial charge < -0.3 is 19.4 Å². The van der Waals surface area contributed by atoms with Crippen molar-refractivity contribution in [3.05, 3.63) is 71.1 Å².